The first-order chi connectivity index (χ1) is 13.1. The van der Waals surface area contributed by atoms with Crippen LogP contribution < -0.4 is 5.32 Å². The Bertz CT molecular complexity index is 833. The van der Waals surface area contributed by atoms with Gasteiger partial charge in [0.1, 0.15) is 5.82 Å². The Labute approximate surface area is 167 Å². The van der Waals surface area contributed by atoms with Crippen LogP contribution in [0.3, 0.4) is 0 Å². The summed E-state index contributed by atoms with van der Waals surface area (Å²) in [6, 6.07) is 8.93. The fraction of sp³-hybridized carbons (Fsp3) is 0.522. The Hall–Kier alpha value is -2.14. The van der Waals surface area contributed by atoms with E-state index < -0.39 is 0 Å². The van der Waals surface area contributed by atoms with Gasteiger partial charge in [-0.2, -0.15) is 0 Å². The van der Waals surface area contributed by atoms with E-state index in [4.69, 9.17) is 0 Å². The predicted octanol–water partition coefficient (Wildman–Crippen LogP) is 3.91. The van der Waals surface area contributed by atoms with Gasteiger partial charge < -0.3 is 14.8 Å². The molecule has 1 aliphatic heterocycles. The monoisotopic (exact) mass is 385 g/mol. The van der Waals surface area contributed by atoms with Gasteiger partial charge in [0.05, 0.1) is 5.56 Å². The van der Waals surface area contributed by atoms with Crippen molar-refractivity contribution in [2.45, 2.75) is 58.5 Å². The number of rotatable bonds is 5. The molecule has 1 saturated heterocycles. The second kappa shape index (κ2) is 8.08. The van der Waals surface area contributed by atoms with Gasteiger partial charge in [-0.15, -0.1) is 0 Å². The summed E-state index contributed by atoms with van der Waals surface area (Å²) in [7, 11) is 2.08. The van der Waals surface area contributed by atoms with E-state index in [2.05, 4.69) is 42.6 Å². The van der Waals surface area contributed by atoms with Crippen molar-refractivity contribution in [2.75, 3.05) is 20.1 Å². The van der Waals surface area contributed by atoms with Crippen LogP contribution in [0.2, 0.25) is 0 Å². The van der Waals surface area contributed by atoms with Gasteiger partial charge in [-0.1, -0.05) is 32.9 Å². The van der Waals surface area contributed by atoms with Crippen LogP contribution in [-0.2, 0) is 18.4 Å². The summed E-state index contributed by atoms with van der Waals surface area (Å²) in [5.74, 6) is -0.198. The van der Waals surface area contributed by atoms with Gasteiger partial charge >= 0.3 is 0 Å². The van der Waals surface area contributed by atoms with Gasteiger partial charge in [-0.3, -0.25) is 4.79 Å². The number of aromatic nitrogens is 1. The number of carbonyl (C=O) groups excluding carboxylic acids is 1. The number of nitrogens with one attached hydrogen (secondary N) is 1. The molecule has 0 aliphatic carbocycles. The number of likely N-dealkylation sites (N-methyl/N-ethyl adjacent to an activating group) is 1. The number of benzene rings is 1. The van der Waals surface area contributed by atoms with Crippen LogP contribution >= 0.6 is 0 Å². The van der Waals surface area contributed by atoms with Crippen LogP contribution in [0.1, 0.15) is 54.5 Å². The first kappa shape index (κ1) is 20.6. The highest BCUT2D eigenvalue weighted by molar-refractivity contribution is 5.96. The van der Waals surface area contributed by atoms with Crippen molar-refractivity contribution in [3.8, 4) is 0 Å². The maximum atomic E-state index is 13.2. The van der Waals surface area contributed by atoms with Gasteiger partial charge in [0, 0.05) is 35.9 Å². The summed E-state index contributed by atoms with van der Waals surface area (Å²) < 4.78 is 15.4. The molecule has 2 aromatic rings. The molecule has 0 radical (unpaired) electrons. The first-order valence-electron chi connectivity index (χ1n) is 10.1. The molecule has 0 saturated carbocycles. The zero-order valence-corrected chi connectivity index (χ0v) is 17.7. The van der Waals surface area contributed by atoms with Crippen molar-refractivity contribution in [1.29, 1.82) is 0 Å². The lowest BCUT2D eigenvalue weighted by molar-refractivity contribution is 0.0937. The van der Waals surface area contributed by atoms with Crippen molar-refractivity contribution < 1.29 is 9.18 Å². The molecule has 3 rings (SSSR count). The van der Waals surface area contributed by atoms with Crippen LogP contribution in [0.15, 0.2) is 30.3 Å². The topological polar surface area (TPSA) is 37.3 Å². The van der Waals surface area contributed by atoms with Crippen molar-refractivity contribution in [3.63, 3.8) is 0 Å². The number of nitrogens with zero attached hydrogens (tertiary/aromatic N) is 2. The molecule has 0 unspecified atom stereocenters. The zero-order chi connectivity index (χ0) is 20.5. The average molecular weight is 386 g/mol. The van der Waals surface area contributed by atoms with Crippen molar-refractivity contribution in [2.24, 2.45) is 0 Å². The van der Waals surface area contributed by atoms with E-state index in [1.54, 1.807) is 0 Å². The third-order valence-electron chi connectivity index (χ3n) is 5.64. The number of carbonyl (C=O) groups is 1. The van der Waals surface area contributed by atoms with Gasteiger partial charge in [0.2, 0.25) is 0 Å². The highest BCUT2D eigenvalue weighted by atomic mass is 19.1. The third kappa shape index (κ3) is 4.64. The Balaban J connectivity index is 1.82. The lowest BCUT2D eigenvalue weighted by Gasteiger charge is -2.22. The van der Waals surface area contributed by atoms with E-state index in [0.29, 0.717) is 0 Å². The first-order valence-corrected chi connectivity index (χ1v) is 10.1. The molecule has 2 heterocycles. The van der Waals surface area contributed by atoms with Crippen molar-refractivity contribution in [1.82, 2.24) is 14.8 Å². The number of aryl methyl sites for hydroxylation is 1. The molecule has 1 N–H and O–H groups in total. The highest BCUT2D eigenvalue weighted by Crippen LogP contribution is 2.28. The molecule has 1 fully saturated rings. The second-order valence-corrected chi connectivity index (χ2v) is 9.03. The minimum absolute atomic E-state index is 0.0174. The van der Waals surface area contributed by atoms with Gasteiger partial charge in [-0.05, 0) is 57.1 Å². The number of hydrogen-bond donors (Lipinski definition) is 1. The lowest BCUT2D eigenvalue weighted by atomic mass is 9.91. The molecular weight excluding hydrogens is 353 g/mol. The molecule has 5 heteroatoms. The van der Waals surface area contributed by atoms with Gasteiger partial charge in [-0.25, -0.2) is 4.39 Å². The Morgan fingerprint density at radius 1 is 1.25 bits per heavy atom. The largest absolute Gasteiger partial charge is 0.348 e. The smallest absolute Gasteiger partial charge is 0.253 e. The van der Waals surface area contributed by atoms with Gasteiger partial charge in [0.25, 0.3) is 5.91 Å². The summed E-state index contributed by atoms with van der Waals surface area (Å²) in [4.78, 5) is 15.2. The number of amides is 1. The standard InChI is InChI=1S/C23H32FN3O/c1-16-20(22(28)25-19-11-12-26(5)15-19)14-21(23(2,3)4)27(16)13-10-17-6-8-18(24)9-7-17/h6-9,14,19H,10-13,15H2,1-5H3,(H,25,28)/t19-/m1/s1. The molecule has 28 heavy (non-hydrogen) atoms. The molecule has 1 aromatic heterocycles. The molecular formula is C23H32FN3O. The van der Waals surface area contributed by atoms with Crippen LogP contribution in [0.4, 0.5) is 4.39 Å². The molecule has 152 valence electrons. The molecule has 4 nitrogen and oxygen atoms in total. The van der Waals surface area contributed by atoms with Crippen LogP contribution in [0.5, 0.6) is 0 Å². The van der Waals surface area contributed by atoms with Crippen LogP contribution in [0, 0.1) is 12.7 Å². The predicted molar refractivity (Wildman–Crippen MR) is 111 cm³/mol. The SMILES string of the molecule is Cc1c(C(=O)N[C@@H]2CCN(C)C2)cc(C(C)(C)C)n1CCc1ccc(F)cc1. The molecule has 0 bridgehead atoms. The molecule has 1 aliphatic rings. The summed E-state index contributed by atoms with van der Waals surface area (Å²) in [6.07, 6.45) is 1.80. The maximum absolute atomic E-state index is 13.2. The van der Waals surface area contributed by atoms with Crippen LogP contribution in [-0.4, -0.2) is 41.6 Å². The highest BCUT2D eigenvalue weighted by Gasteiger charge is 2.27. The number of halogens is 1. The van der Waals surface area contributed by atoms with E-state index >= 15 is 0 Å². The molecule has 1 aromatic carbocycles. The average Bonchev–Trinajstić information content (AvgIpc) is 3.17. The van der Waals surface area contributed by atoms with Crippen molar-refractivity contribution >= 4 is 5.91 Å². The van der Waals surface area contributed by atoms with E-state index in [0.717, 1.165) is 55.0 Å². The lowest BCUT2D eigenvalue weighted by Crippen LogP contribution is -2.36. The normalized spacial score (nSPS) is 17.9. The maximum Gasteiger partial charge on any atom is 0.253 e. The van der Waals surface area contributed by atoms with Gasteiger partial charge in [0.15, 0.2) is 0 Å². The van der Waals surface area contributed by atoms with Crippen molar-refractivity contribution in [3.05, 3.63) is 58.7 Å². The number of hydrogen-bond acceptors (Lipinski definition) is 2. The summed E-state index contributed by atoms with van der Waals surface area (Å²) >= 11 is 0. The Kier molecular flexibility index (Phi) is 5.94. The second-order valence-electron chi connectivity index (χ2n) is 9.03. The Morgan fingerprint density at radius 3 is 2.50 bits per heavy atom. The Morgan fingerprint density at radius 2 is 1.93 bits per heavy atom. The fourth-order valence-electron chi connectivity index (χ4n) is 3.99. The van der Waals surface area contributed by atoms with Crippen LogP contribution in [0.25, 0.3) is 0 Å². The van der Waals surface area contributed by atoms with E-state index in [1.807, 2.05) is 25.1 Å². The molecule has 1 atom stereocenters. The fourth-order valence-corrected chi connectivity index (χ4v) is 3.99. The van der Waals surface area contributed by atoms with E-state index in [1.165, 1.54) is 12.1 Å². The minimum Gasteiger partial charge on any atom is -0.348 e. The van der Waals surface area contributed by atoms with E-state index in [9.17, 15) is 9.18 Å². The van der Waals surface area contributed by atoms with E-state index in [-0.39, 0.29) is 23.2 Å². The number of likely N-dealkylation sites (tertiary alicyclic amines) is 1. The molecule has 1 amide bonds. The minimum atomic E-state index is -0.215. The summed E-state index contributed by atoms with van der Waals surface area (Å²) in [6.45, 7) is 11.2. The summed E-state index contributed by atoms with van der Waals surface area (Å²) in [5, 5.41) is 3.20. The summed E-state index contributed by atoms with van der Waals surface area (Å²) in [5.41, 5.74) is 3.93. The quantitative estimate of drug-likeness (QED) is 0.847. The zero-order valence-electron chi connectivity index (χ0n) is 17.7. The molecule has 0 spiro atoms. The third-order valence-corrected chi connectivity index (χ3v) is 5.64.